The number of carbonyl (C=O) groups is 1. The Kier molecular flexibility index (Phi) is 4.77. The number of aromatic nitrogens is 1. The number of hydrogen-bond acceptors (Lipinski definition) is 3. The zero-order valence-corrected chi connectivity index (χ0v) is 14.1. The molecule has 0 aliphatic rings. The molecule has 2 aromatic carbocycles. The molecule has 0 aliphatic heterocycles. The lowest BCUT2D eigenvalue weighted by Crippen LogP contribution is -2.17. The predicted octanol–water partition coefficient (Wildman–Crippen LogP) is 3.71. The molecule has 0 radical (unpaired) electrons. The molecule has 5 nitrogen and oxygen atoms in total. The first-order chi connectivity index (χ1) is 11.6. The maximum absolute atomic E-state index is 12.0. The summed E-state index contributed by atoms with van der Waals surface area (Å²) in [6.45, 7) is 0. The van der Waals surface area contributed by atoms with Gasteiger partial charge in [-0.15, -0.1) is 0 Å². The second-order valence-electron chi connectivity index (χ2n) is 5.03. The van der Waals surface area contributed by atoms with E-state index < -0.39 is 0 Å². The van der Waals surface area contributed by atoms with Crippen LogP contribution in [-0.4, -0.2) is 21.8 Å². The zero-order chi connectivity index (χ0) is 16.9. The molecule has 3 rings (SSSR count). The van der Waals surface area contributed by atoms with Crippen molar-refractivity contribution in [3.8, 4) is 11.4 Å². The first-order valence-corrected chi connectivity index (χ1v) is 7.98. The van der Waals surface area contributed by atoms with Crippen molar-refractivity contribution in [3.63, 3.8) is 0 Å². The van der Waals surface area contributed by atoms with Gasteiger partial charge in [0.25, 0.3) is 5.91 Å². The number of rotatable bonds is 4. The monoisotopic (exact) mass is 383 g/mol. The Hall–Kier alpha value is -2.86. The van der Waals surface area contributed by atoms with Crippen molar-refractivity contribution < 1.29 is 9.90 Å². The molecule has 0 aliphatic carbocycles. The Morgan fingerprint density at radius 3 is 2.67 bits per heavy atom. The smallest absolute Gasteiger partial charge is 0.271 e. The van der Waals surface area contributed by atoms with Crippen LogP contribution in [0.4, 0.5) is 0 Å². The summed E-state index contributed by atoms with van der Waals surface area (Å²) in [4.78, 5) is 12.0. The SMILES string of the molecule is O=C(N/N=C\c1cccn1-c1ccc(O)cc1)c1cccc(Br)c1. The van der Waals surface area contributed by atoms with E-state index in [0.29, 0.717) is 5.56 Å². The van der Waals surface area contributed by atoms with Crippen LogP contribution in [-0.2, 0) is 0 Å². The van der Waals surface area contributed by atoms with Crippen LogP contribution in [0.5, 0.6) is 5.75 Å². The Bertz CT molecular complexity index is 885. The lowest BCUT2D eigenvalue weighted by Gasteiger charge is -2.06. The quantitative estimate of drug-likeness (QED) is 0.532. The number of hydrazone groups is 1. The van der Waals surface area contributed by atoms with E-state index in [2.05, 4.69) is 26.5 Å². The van der Waals surface area contributed by atoms with Gasteiger partial charge in [-0.05, 0) is 54.6 Å². The Morgan fingerprint density at radius 1 is 1.12 bits per heavy atom. The maximum Gasteiger partial charge on any atom is 0.271 e. The largest absolute Gasteiger partial charge is 0.508 e. The van der Waals surface area contributed by atoms with E-state index in [1.54, 1.807) is 48.7 Å². The maximum atomic E-state index is 12.0. The van der Waals surface area contributed by atoms with Crippen molar-refractivity contribution in [1.29, 1.82) is 0 Å². The van der Waals surface area contributed by atoms with E-state index in [0.717, 1.165) is 15.9 Å². The number of hydrogen-bond donors (Lipinski definition) is 2. The minimum atomic E-state index is -0.282. The molecule has 0 fully saturated rings. The summed E-state index contributed by atoms with van der Waals surface area (Å²) in [5.41, 5.74) is 4.72. The topological polar surface area (TPSA) is 66.6 Å². The van der Waals surface area contributed by atoms with E-state index in [1.165, 1.54) is 0 Å². The molecular weight excluding hydrogens is 370 g/mol. The number of halogens is 1. The molecule has 1 aromatic heterocycles. The number of phenolic OH excluding ortho intramolecular Hbond substituents is 1. The highest BCUT2D eigenvalue weighted by Crippen LogP contribution is 2.15. The van der Waals surface area contributed by atoms with Crippen molar-refractivity contribution in [2.75, 3.05) is 0 Å². The number of aromatic hydroxyl groups is 1. The van der Waals surface area contributed by atoms with Gasteiger partial charge in [-0.3, -0.25) is 4.79 Å². The standard InChI is InChI=1S/C18H14BrN3O2/c19-14-4-1-3-13(11-14)18(24)21-20-12-16-5-2-10-22(16)15-6-8-17(23)9-7-15/h1-12,23H,(H,21,24)/b20-12-. The molecule has 0 bridgehead atoms. The van der Waals surface area contributed by atoms with Gasteiger partial charge in [-0.1, -0.05) is 22.0 Å². The zero-order valence-electron chi connectivity index (χ0n) is 12.6. The molecule has 0 saturated heterocycles. The van der Waals surface area contributed by atoms with Gasteiger partial charge >= 0.3 is 0 Å². The van der Waals surface area contributed by atoms with Crippen molar-refractivity contribution in [2.45, 2.75) is 0 Å². The number of nitrogens with one attached hydrogen (secondary N) is 1. The van der Waals surface area contributed by atoms with Crippen LogP contribution in [0.1, 0.15) is 16.1 Å². The Morgan fingerprint density at radius 2 is 1.92 bits per heavy atom. The molecule has 0 saturated carbocycles. The summed E-state index contributed by atoms with van der Waals surface area (Å²) in [7, 11) is 0. The van der Waals surface area contributed by atoms with E-state index >= 15 is 0 Å². The van der Waals surface area contributed by atoms with Gasteiger partial charge < -0.3 is 9.67 Å². The molecular formula is C18H14BrN3O2. The normalized spacial score (nSPS) is 10.9. The second kappa shape index (κ2) is 7.14. The summed E-state index contributed by atoms with van der Waals surface area (Å²) < 4.78 is 2.73. The number of carbonyl (C=O) groups excluding carboxylic acids is 1. The third kappa shape index (κ3) is 3.72. The van der Waals surface area contributed by atoms with Crippen LogP contribution in [0, 0.1) is 0 Å². The van der Waals surface area contributed by atoms with E-state index in [1.807, 2.05) is 29.0 Å². The van der Waals surface area contributed by atoms with Crippen molar-refractivity contribution in [3.05, 3.63) is 82.6 Å². The Labute approximate surface area is 147 Å². The molecule has 3 aromatic rings. The molecule has 6 heteroatoms. The number of amides is 1. The van der Waals surface area contributed by atoms with Crippen LogP contribution in [0.2, 0.25) is 0 Å². The number of nitrogens with zero attached hydrogens (tertiary/aromatic N) is 2. The number of phenols is 1. The highest BCUT2D eigenvalue weighted by molar-refractivity contribution is 9.10. The molecule has 2 N–H and O–H groups in total. The van der Waals surface area contributed by atoms with Crippen LogP contribution >= 0.6 is 15.9 Å². The van der Waals surface area contributed by atoms with E-state index in [-0.39, 0.29) is 11.7 Å². The van der Waals surface area contributed by atoms with E-state index in [4.69, 9.17) is 0 Å². The van der Waals surface area contributed by atoms with Gasteiger partial charge in [0.1, 0.15) is 5.75 Å². The van der Waals surface area contributed by atoms with Crippen molar-refractivity contribution >= 4 is 28.1 Å². The first-order valence-electron chi connectivity index (χ1n) is 7.19. The minimum Gasteiger partial charge on any atom is -0.508 e. The van der Waals surface area contributed by atoms with Crippen LogP contribution in [0.3, 0.4) is 0 Å². The summed E-state index contributed by atoms with van der Waals surface area (Å²) in [6, 6.07) is 17.7. The summed E-state index contributed by atoms with van der Waals surface area (Å²) in [5, 5.41) is 13.4. The molecule has 0 atom stereocenters. The van der Waals surface area contributed by atoms with Crippen LogP contribution < -0.4 is 5.43 Å². The van der Waals surface area contributed by atoms with Gasteiger partial charge in [0.15, 0.2) is 0 Å². The van der Waals surface area contributed by atoms with Gasteiger partial charge in [0.05, 0.1) is 11.9 Å². The third-order valence-electron chi connectivity index (χ3n) is 3.36. The number of benzene rings is 2. The van der Waals surface area contributed by atoms with Gasteiger partial charge in [0, 0.05) is 21.9 Å². The van der Waals surface area contributed by atoms with Crippen LogP contribution in [0.15, 0.2) is 76.4 Å². The molecule has 1 amide bonds. The lowest BCUT2D eigenvalue weighted by molar-refractivity contribution is 0.0955. The van der Waals surface area contributed by atoms with E-state index in [9.17, 15) is 9.90 Å². The second-order valence-corrected chi connectivity index (χ2v) is 5.94. The highest BCUT2D eigenvalue weighted by atomic mass is 79.9. The average Bonchev–Trinajstić information content (AvgIpc) is 3.04. The minimum absolute atomic E-state index is 0.211. The Balaban J connectivity index is 1.73. The summed E-state index contributed by atoms with van der Waals surface area (Å²) >= 11 is 3.33. The van der Waals surface area contributed by atoms with Crippen molar-refractivity contribution in [1.82, 2.24) is 9.99 Å². The lowest BCUT2D eigenvalue weighted by atomic mass is 10.2. The third-order valence-corrected chi connectivity index (χ3v) is 3.85. The fourth-order valence-corrected chi connectivity index (χ4v) is 2.60. The summed E-state index contributed by atoms with van der Waals surface area (Å²) in [5.74, 6) is -0.0716. The van der Waals surface area contributed by atoms with Crippen molar-refractivity contribution in [2.24, 2.45) is 5.10 Å². The molecule has 24 heavy (non-hydrogen) atoms. The fraction of sp³-hybridized carbons (Fsp3) is 0. The fourth-order valence-electron chi connectivity index (χ4n) is 2.20. The summed E-state index contributed by atoms with van der Waals surface area (Å²) in [6.07, 6.45) is 3.45. The first kappa shape index (κ1) is 16.0. The average molecular weight is 384 g/mol. The van der Waals surface area contributed by atoms with Gasteiger partial charge in [0.2, 0.25) is 0 Å². The molecule has 0 spiro atoms. The predicted molar refractivity (Wildman–Crippen MR) is 96.6 cm³/mol. The van der Waals surface area contributed by atoms with Gasteiger partial charge in [-0.25, -0.2) is 5.43 Å². The van der Waals surface area contributed by atoms with Gasteiger partial charge in [-0.2, -0.15) is 5.10 Å². The molecule has 0 unspecified atom stereocenters. The highest BCUT2D eigenvalue weighted by Gasteiger charge is 2.05. The molecule has 120 valence electrons. The molecule has 1 heterocycles. The van der Waals surface area contributed by atoms with Crippen LogP contribution in [0.25, 0.3) is 5.69 Å².